The molecule has 0 unspecified atom stereocenters. The van der Waals surface area contributed by atoms with Crippen LogP contribution in [0, 0.1) is 6.92 Å². The molecule has 0 atom stereocenters. The Morgan fingerprint density at radius 1 is 1.38 bits per heavy atom. The Kier molecular flexibility index (Phi) is 1.81. The Morgan fingerprint density at radius 2 is 2.00 bits per heavy atom. The SMILES string of the molecule is Cc1cccc[c]1[Ga].[H-]. The molecule has 0 N–H and O–H groups in total. The largest absolute Gasteiger partial charge is 1.00 e. The Hall–Kier alpha value is -0.144. The number of rotatable bonds is 0. The van der Waals surface area contributed by atoms with Crippen molar-refractivity contribution < 1.29 is 1.43 Å². The van der Waals surface area contributed by atoms with E-state index in [-0.39, 0.29) is 1.43 Å². The molecule has 0 spiro atoms. The molecule has 1 heteroatoms. The summed E-state index contributed by atoms with van der Waals surface area (Å²) < 4.78 is 1.43. The molecule has 0 fully saturated rings. The summed E-state index contributed by atoms with van der Waals surface area (Å²) >= 11 is 1.70. The first-order valence-corrected chi connectivity index (χ1v) is 3.83. The number of benzene rings is 1. The molecule has 0 aliphatic heterocycles. The van der Waals surface area contributed by atoms with Crippen LogP contribution in [-0.4, -0.2) is 18.6 Å². The minimum Gasteiger partial charge on any atom is -1.00 e. The third-order valence-electron chi connectivity index (χ3n) is 1.19. The van der Waals surface area contributed by atoms with E-state index in [0.29, 0.717) is 0 Å². The second-order valence-corrected chi connectivity index (χ2v) is 3.16. The average molecular weight is 162 g/mol. The van der Waals surface area contributed by atoms with Crippen LogP contribution in [-0.2, 0) is 0 Å². The van der Waals surface area contributed by atoms with Gasteiger partial charge < -0.3 is 1.43 Å². The second kappa shape index (κ2) is 2.42. The molecule has 0 aliphatic carbocycles. The standard InChI is InChI=1S/C7H7.Ga.H/c1-7-5-3-2-4-6-7;;/h2-5H,1H3;;/q;;-1. The zero-order chi connectivity index (χ0) is 5.98. The molecule has 40 valence electrons. The van der Waals surface area contributed by atoms with Crippen LogP contribution in [0.2, 0.25) is 0 Å². The van der Waals surface area contributed by atoms with E-state index in [2.05, 4.69) is 31.2 Å². The van der Waals surface area contributed by atoms with Crippen molar-refractivity contribution in [2.24, 2.45) is 0 Å². The van der Waals surface area contributed by atoms with E-state index in [1.54, 1.807) is 18.6 Å². The summed E-state index contributed by atoms with van der Waals surface area (Å²) in [5, 5.41) is 0. The molecule has 2 radical (unpaired) electrons. The van der Waals surface area contributed by atoms with Gasteiger partial charge in [-0.15, -0.1) is 0 Å². The first-order chi connectivity index (χ1) is 3.80. The van der Waals surface area contributed by atoms with Crippen LogP contribution in [0.3, 0.4) is 0 Å². The van der Waals surface area contributed by atoms with Gasteiger partial charge >= 0.3 is 59.5 Å². The van der Waals surface area contributed by atoms with Crippen LogP contribution in [0.1, 0.15) is 6.99 Å². The first kappa shape index (κ1) is 5.98. The van der Waals surface area contributed by atoms with Crippen LogP contribution >= 0.6 is 0 Å². The van der Waals surface area contributed by atoms with Gasteiger partial charge in [0.15, 0.2) is 0 Å². The van der Waals surface area contributed by atoms with Crippen LogP contribution in [0.15, 0.2) is 24.3 Å². The molecule has 0 nitrogen and oxygen atoms in total. The van der Waals surface area contributed by atoms with Crippen LogP contribution in [0.25, 0.3) is 0 Å². The van der Waals surface area contributed by atoms with Crippen molar-refractivity contribution in [1.82, 2.24) is 0 Å². The fourth-order valence-corrected chi connectivity index (χ4v) is 1.02. The van der Waals surface area contributed by atoms with Gasteiger partial charge in [-0.25, -0.2) is 0 Å². The molecule has 0 amide bonds. The van der Waals surface area contributed by atoms with Crippen molar-refractivity contribution in [2.75, 3.05) is 0 Å². The molecule has 0 heterocycles. The zero-order valence-electron chi connectivity index (χ0n) is 5.89. The Morgan fingerprint density at radius 3 is 2.38 bits per heavy atom. The van der Waals surface area contributed by atoms with Gasteiger partial charge in [-0.05, 0) is 0 Å². The van der Waals surface area contributed by atoms with Gasteiger partial charge in [0.25, 0.3) is 0 Å². The summed E-state index contributed by atoms with van der Waals surface area (Å²) in [4.78, 5) is 0. The summed E-state index contributed by atoms with van der Waals surface area (Å²) in [5.41, 5.74) is 1.40. The maximum Gasteiger partial charge on any atom is -1.00 e. The summed E-state index contributed by atoms with van der Waals surface area (Å²) in [6.07, 6.45) is 0. The fraction of sp³-hybridized carbons (Fsp3) is 0.143. The number of hydrogen-bond acceptors (Lipinski definition) is 0. The molecule has 0 bridgehead atoms. The van der Waals surface area contributed by atoms with Crippen molar-refractivity contribution >= 4 is 22.7 Å². The number of hydrogen-bond donors (Lipinski definition) is 0. The molecule has 8 heavy (non-hydrogen) atoms. The van der Waals surface area contributed by atoms with E-state index in [9.17, 15) is 0 Å². The van der Waals surface area contributed by atoms with Crippen molar-refractivity contribution in [1.29, 1.82) is 0 Å². The molecule has 0 aromatic heterocycles. The molecule has 1 rings (SSSR count). The van der Waals surface area contributed by atoms with E-state index in [4.69, 9.17) is 0 Å². The van der Waals surface area contributed by atoms with E-state index in [1.807, 2.05) is 0 Å². The van der Waals surface area contributed by atoms with Gasteiger partial charge in [0.05, 0.1) is 0 Å². The van der Waals surface area contributed by atoms with E-state index < -0.39 is 0 Å². The van der Waals surface area contributed by atoms with Crippen molar-refractivity contribution in [3.8, 4) is 0 Å². The third-order valence-corrected chi connectivity index (χ3v) is 2.55. The van der Waals surface area contributed by atoms with Gasteiger partial charge in [0.1, 0.15) is 0 Å². The van der Waals surface area contributed by atoms with Gasteiger partial charge in [0, 0.05) is 0 Å². The summed E-state index contributed by atoms with van der Waals surface area (Å²) in [6.45, 7) is 2.14. The quantitative estimate of drug-likeness (QED) is 0.497. The minimum absolute atomic E-state index is 0. The van der Waals surface area contributed by atoms with Crippen LogP contribution in [0.5, 0.6) is 0 Å². The molecule has 1 aromatic carbocycles. The average Bonchev–Trinajstić information content (AvgIpc) is 1.77. The zero-order valence-corrected chi connectivity index (χ0v) is 7.31. The third kappa shape index (κ3) is 1.17. The monoisotopic (exact) mass is 161 g/mol. The van der Waals surface area contributed by atoms with Crippen molar-refractivity contribution in [3.05, 3.63) is 29.8 Å². The Balaban J connectivity index is 0.000000640. The van der Waals surface area contributed by atoms with Gasteiger partial charge in [-0.2, -0.15) is 0 Å². The molecule has 1 aromatic rings. The van der Waals surface area contributed by atoms with Crippen molar-refractivity contribution in [3.63, 3.8) is 0 Å². The molecular weight excluding hydrogens is 154 g/mol. The normalized spacial score (nSPS) is 9.12. The predicted molar refractivity (Wildman–Crippen MR) is 37.7 cm³/mol. The molecular formula is C7H8Ga-. The summed E-state index contributed by atoms with van der Waals surface area (Å²) in [5.74, 6) is 0. The fourth-order valence-electron chi connectivity index (χ4n) is 0.587. The first-order valence-electron chi connectivity index (χ1n) is 2.62. The Labute approximate surface area is 61.3 Å². The topological polar surface area (TPSA) is 0 Å². The molecule has 0 saturated carbocycles. The maximum absolute atomic E-state index is 2.15. The maximum atomic E-state index is 2.15. The number of aryl methyl sites for hydroxylation is 1. The van der Waals surface area contributed by atoms with Crippen LogP contribution in [0.4, 0.5) is 0 Å². The van der Waals surface area contributed by atoms with Gasteiger partial charge in [0.2, 0.25) is 0 Å². The second-order valence-electron chi connectivity index (χ2n) is 1.86. The Bertz CT molecular complexity index is 165. The minimum atomic E-state index is 0. The smallest absolute Gasteiger partial charge is 1.00 e. The summed E-state index contributed by atoms with van der Waals surface area (Å²) in [7, 11) is 0. The molecule has 0 saturated heterocycles. The molecule has 0 aliphatic rings. The van der Waals surface area contributed by atoms with E-state index in [0.717, 1.165) is 0 Å². The van der Waals surface area contributed by atoms with Gasteiger partial charge in [-0.3, -0.25) is 0 Å². The van der Waals surface area contributed by atoms with E-state index >= 15 is 0 Å². The van der Waals surface area contributed by atoms with Gasteiger partial charge in [-0.1, -0.05) is 0 Å². The van der Waals surface area contributed by atoms with Crippen LogP contribution < -0.4 is 4.12 Å². The van der Waals surface area contributed by atoms with E-state index in [1.165, 1.54) is 9.68 Å². The summed E-state index contributed by atoms with van der Waals surface area (Å²) in [6, 6.07) is 8.43. The predicted octanol–water partition coefficient (Wildman–Crippen LogP) is 0.901. The van der Waals surface area contributed by atoms with Crippen molar-refractivity contribution in [2.45, 2.75) is 6.92 Å².